The highest BCUT2D eigenvalue weighted by atomic mass is 32.2. The molecule has 88 valence electrons. The lowest BCUT2D eigenvalue weighted by Crippen LogP contribution is -2.44. The molecule has 1 saturated heterocycles. The molecule has 0 spiro atoms. The Bertz CT molecular complexity index is 323. The second-order valence-corrected chi connectivity index (χ2v) is 6.80. The minimum absolute atomic E-state index is 0.0312. The van der Waals surface area contributed by atoms with Gasteiger partial charge in [-0.25, -0.2) is 8.42 Å². The Kier molecular flexibility index (Phi) is 3.03. The van der Waals surface area contributed by atoms with Crippen molar-refractivity contribution in [1.82, 2.24) is 5.32 Å². The van der Waals surface area contributed by atoms with Crippen LogP contribution in [0.4, 0.5) is 0 Å². The lowest BCUT2D eigenvalue weighted by atomic mass is 9.82. The first-order valence-corrected chi connectivity index (χ1v) is 7.08. The maximum Gasteiger partial charge on any atom is 0.154 e. The van der Waals surface area contributed by atoms with Gasteiger partial charge in [0.1, 0.15) is 0 Å². The van der Waals surface area contributed by atoms with Crippen LogP contribution in [0.25, 0.3) is 0 Å². The third kappa shape index (κ3) is 2.69. The minimum atomic E-state index is -3.05. The molecule has 0 amide bonds. The summed E-state index contributed by atoms with van der Waals surface area (Å²) in [5.41, 5.74) is 0. The van der Waals surface area contributed by atoms with E-state index >= 15 is 0 Å². The van der Waals surface area contributed by atoms with Gasteiger partial charge in [-0.05, 0) is 25.3 Å². The fourth-order valence-corrected chi connectivity index (χ4v) is 3.99. The lowest BCUT2D eigenvalue weighted by Gasteiger charge is -2.32. The Morgan fingerprint density at radius 2 is 1.87 bits per heavy atom. The largest absolute Gasteiger partial charge is 0.393 e. The third-order valence-corrected chi connectivity index (χ3v) is 4.92. The van der Waals surface area contributed by atoms with Gasteiger partial charge >= 0.3 is 0 Å². The highest BCUT2D eigenvalue weighted by Crippen LogP contribution is 2.26. The zero-order valence-electron chi connectivity index (χ0n) is 8.46. The second kappa shape index (κ2) is 4.01. The molecular formula is C9H17NO4S. The normalized spacial score (nSPS) is 43.9. The van der Waals surface area contributed by atoms with E-state index in [2.05, 4.69) is 5.32 Å². The molecule has 3 N–H and O–H groups in total. The van der Waals surface area contributed by atoms with Crippen LogP contribution in [0.5, 0.6) is 0 Å². The maximum atomic E-state index is 11.2. The van der Waals surface area contributed by atoms with Crippen molar-refractivity contribution < 1.29 is 18.6 Å². The molecule has 0 aromatic rings. The topological polar surface area (TPSA) is 86.6 Å². The summed E-state index contributed by atoms with van der Waals surface area (Å²) >= 11 is 0. The summed E-state index contributed by atoms with van der Waals surface area (Å²) in [6.07, 6.45) is 0.597. The quantitative estimate of drug-likeness (QED) is 0.554. The zero-order valence-corrected chi connectivity index (χ0v) is 9.28. The van der Waals surface area contributed by atoms with Crippen LogP contribution in [0, 0.1) is 5.92 Å². The van der Waals surface area contributed by atoms with Crippen LogP contribution < -0.4 is 5.32 Å². The number of aliphatic hydroxyl groups is 2. The first-order valence-electron chi connectivity index (χ1n) is 5.26. The Morgan fingerprint density at radius 3 is 2.33 bits per heavy atom. The molecule has 0 aromatic heterocycles. The number of sulfone groups is 1. The predicted octanol–water partition coefficient (Wildman–Crippen LogP) is -1.50. The van der Waals surface area contributed by atoms with Gasteiger partial charge in [-0.15, -0.1) is 0 Å². The van der Waals surface area contributed by atoms with Crippen molar-refractivity contribution in [1.29, 1.82) is 0 Å². The van der Waals surface area contributed by atoms with E-state index in [-0.39, 0.29) is 23.7 Å². The molecule has 1 heterocycles. The van der Waals surface area contributed by atoms with E-state index in [1.54, 1.807) is 0 Å². The Labute approximate surface area is 89.4 Å². The lowest BCUT2D eigenvalue weighted by molar-refractivity contribution is 0.0397. The van der Waals surface area contributed by atoms with E-state index in [1.165, 1.54) is 0 Å². The highest BCUT2D eigenvalue weighted by molar-refractivity contribution is 7.91. The number of hydrogen-bond acceptors (Lipinski definition) is 5. The van der Waals surface area contributed by atoms with Crippen LogP contribution >= 0.6 is 0 Å². The maximum absolute atomic E-state index is 11.2. The molecule has 6 heteroatoms. The molecule has 0 radical (unpaired) electrons. The number of rotatable bonds is 3. The molecule has 2 unspecified atom stereocenters. The van der Waals surface area contributed by atoms with Crippen LogP contribution in [0.15, 0.2) is 0 Å². The van der Waals surface area contributed by atoms with Gasteiger partial charge in [-0.2, -0.15) is 0 Å². The standard InChI is InChI=1S/C9H17NO4S/c11-7-1-6(2-7)3-10-8-4-15(13,14)5-9(8)12/h6-12H,1-5H2. The summed E-state index contributed by atoms with van der Waals surface area (Å²) in [5, 5.41) is 21.6. The minimum Gasteiger partial charge on any atom is -0.393 e. The van der Waals surface area contributed by atoms with Gasteiger partial charge < -0.3 is 15.5 Å². The summed E-state index contributed by atoms with van der Waals surface area (Å²) in [6.45, 7) is 0.689. The van der Waals surface area contributed by atoms with Crippen molar-refractivity contribution in [3.8, 4) is 0 Å². The smallest absolute Gasteiger partial charge is 0.154 e. The van der Waals surface area contributed by atoms with Crippen LogP contribution in [-0.2, 0) is 9.84 Å². The van der Waals surface area contributed by atoms with Gasteiger partial charge in [-0.1, -0.05) is 0 Å². The Morgan fingerprint density at radius 1 is 1.20 bits per heavy atom. The van der Waals surface area contributed by atoms with Crippen LogP contribution in [0.3, 0.4) is 0 Å². The van der Waals surface area contributed by atoms with Crippen LogP contribution in [-0.4, -0.2) is 54.9 Å². The van der Waals surface area contributed by atoms with Crippen molar-refractivity contribution in [3.05, 3.63) is 0 Å². The molecule has 0 aromatic carbocycles. The SMILES string of the molecule is O=S1(=O)CC(O)C(NCC2CC(O)C2)C1. The second-order valence-electron chi connectivity index (χ2n) is 4.65. The molecule has 15 heavy (non-hydrogen) atoms. The fourth-order valence-electron chi connectivity index (χ4n) is 2.21. The van der Waals surface area contributed by atoms with Gasteiger partial charge in [0.15, 0.2) is 9.84 Å². The van der Waals surface area contributed by atoms with E-state index in [4.69, 9.17) is 5.11 Å². The molecule has 5 nitrogen and oxygen atoms in total. The molecule has 2 rings (SSSR count). The highest BCUT2D eigenvalue weighted by Gasteiger charge is 2.37. The van der Waals surface area contributed by atoms with Gasteiger partial charge in [0.25, 0.3) is 0 Å². The van der Waals surface area contributed by atoms with Gasteiger partial charge in [0.05, 0.1) is 23.7 Å². The van der Waals surface area contributed by atoms with E-state index in [1.807, 2.05) is 0 Å². The van der Waals surface area contributed by atoms with E-state index < -0.39 is 15.9 Å². The summed E-state index contributed by atoms with van der Waals surface area (Å²) < 4.78 is 22.4. The third-order valence-electron chi connectivity index (χ3n) is 3.20. The van der Waals surface area contributed by atoms with E-state index in [0.717, 1.165) is 12.8 Å². The first kappa shape index (κ1) is 11.3. The fraction of sp³-hybridized carbons (Fsp3) is 1.00. The number of hydrogen-bond donors (Lipinski definition) is 3. The van der Waals surface area contributed by atoms with Gasteiger partial charge in [0.2, 0.25) is 0 Å². The molecule has 1 aliphatic heterocycles. The molecule has 2 fully saturated rings. The number of aliphatic hydroxyl groups excluding tert-OH is 2. The predicted molar refractivity (Wildman–Crippen MR) is 55.2 cm³/mol. The van der Waals surface area contributed by atoms with Crippen LogP contribution in [0.1, 0.15) is 12.8 Å². The summed E-state index contributed by atoms with van der Waals surface area (Å²) in [6, 6.07) is -0.326. The van der Waals surface area contributed by atoms with Crippen molar-refractivity contribution in [2.75, 3.05) is 18.1 Å². The van der Waals surface area contributed by atoms with Crippen LogP contribution in [0.2, 0.25) is 0 Å². The molecule has 0 bridgehead atoms. The monoisotopic (exact) mass is 235 g/mol. The molecule has 2 atom stereocenters. The number of nitrogens with one attached hydrogen (secondary N) is 1. The molecule has 1 aliphatic carbocycles. The summed E-state index contributed by atoms with van der Waals surface area (Å²) in [7, 11) is -3.05. The van der Waals surface area contributed by atoms with Gasteiger partial charge in [0, 0.05) is 6.04 Å². The molecule has 1 saturated carbocycles. The average Bonchev–Trinajstić information content (AvgIpc) is 2.31. The zero-order chi connectivity index (χ0) is 11.1. The summed E-state index contributed by atoms with van der Waals surface area (Å²) in [5.74, 6) is 0.331. The Balaban J connectivity index is 1.76. The van der Waals surface area contributed by atoms with Crippen molar-refractivity contribution in [2.24, 2.45) is 5.92 Å². The van der Waals surface area contributed by atoms with E-state index in [9.17, 15) is 13.5 Å². The summed E-state index contributed by atoms with van der Waals surface area (Å²) in [4.78, 5) is 0. The Hall–Kier alpha value is -0.170. The average molecular weight is 235 g/mol. The first-order chi connectivity index (χ1) is 6.96. The molecular weight excluding hydrogens is 218 g/mol. The van der Waals surface area contributed by atoms with E-state index in [0.29, 0.717) is 12.5 Å². The van der Waals surface area contributed by atoms with Crippen molar-refractivity contribution in [2.45, 2.75) is 31.1 Å². The van der Waals surface area contributed by atoms with Gasteiger partial charge in [-0.3, -0.25) is 0 Å². The van der Waals surface area contributed by atoms with Crippen molar-refractivity contribution >= 4 is 9.84 Å². The molecule has 2 aliphatic rings. The van der Waals surface area contributed by atoms with Crippen molar-refractivity contribution in [3.63, 3.8) is 0 Å².